The first-order valence-corrected chi connectivity index (χ1v) is 15.3. The summed E-state index contributed by atoms with van der Waals surface area (Å²) in [6, 6.07) is 25.8. The monoisotopic (exact) mass is 582 g/mol. The summed E-state index contributed by atoms with van der Waals surface area (Å²) in [5.41, 5.74) is 5.36. The molecule has 9 heteroatoms. The summed E-state index contributed by atoms with van der Waals surface area (Å²) in [6.07, 6.45) is 1.93. The van der Waals surface area contributed by atoms with E-state index in [1.165, 1.54) is 11.8 Å². The second-order valence-corrected chi connectivity index (χ2v) is 11.6. The van der Waals surface area contributed by atoms with Gasteiger partial charge >= 0.3 is 0 Å². The van der Waals surface area contributed by atoms with E-state index in [9.17, 15) is 9.59 Å². The number of nitrogens with one attached hydrogen (secondary N) is 1. The lowest BCUT2D eigenvalue weighted by Crippen LogP contribution is -2.44. The van der Waals surface area contributed by atoms with Crippen LogP contribution < -0.4 is 15.0 Å². The van der Waals surface area contributed by atoms with E-state index >= 15 is 0 Å². The molecule has 0 spiro atoms. The molecule has 3 heterocycles. The summed E-state index contributed by atoms with van der Waals surface area (Å²) in [4.78, 5) is 28.9. The largest absolute Gasteiger partial charge is 0.496 e. The quantitative estimate of drug-likeness (QED) is 0.303. The highest BCUT2D eigenvalue weighted by atomic mass is 32.2. The number of ether oxygens (including phenoxy) is 2. The zero-order chi connectivity index (χ0) is 29.1. The number of methoxy groups -OCH3 is 1. The SMILES string of the molecule is COc1ccccc1[C@@H]1SCC(=O)N(CC(=O)NC[C@H]2CCCO2)c2c1c(-c1ccccc1)nn2-c1ccccc1C. The van der Waals surface area contributed by atoms with Crippen LogP contribution >= 0.6 is 11.8 Å². The van der Waals surface area contributed by atoms with Gasteiger partial charge in [0.15, 0.2) is 0 Å². The minimum atomic E-state index is -0.270. The van der Waals surface area contributed by atoms with Gasteiger partial charge in [0, 0.05) is 29.8 Å². The van der Waals surface area contributed by atoms with E-state index in [4.69, 9.17) is 14.6 Å². The van der Waals surface area contributed by atoms with Crippen molar-refractivity contribution in [2.75, 3.05) is 37.5 Å². The van der Waals surface area contributed by atoms with Crippen LogP contribution in [-0.2, 0) is 14.3 Å². The van der Waals surface area contributed by atoms with E-state index in [0.717, 1.165) is 52.2 Å². The normalized spacial score (nSPS) is 18.4. The lowest BCUT2D eigenvalue weighted by molar-refractivity contribution is -0.123. The van der Waals surface area contributed by atoms with Crippen LogP contribution in [0.25, 0.3) is 16.9 Å². The van der Waals surface area contributed by atoms with Crippen LogP contribution in [0.15, 0.2) is 78.9 Å². The molecule has 1 saturated heterocycles. The van der Waals surface area contributed by atoms with Crippen molar-refractivity contribution in [3.05, 3.63) is 95.6 Å². The van der Waals surface area contributed by atoms with Gasteiger partial charge < -0.3 is 14.8 Å². The Labute approximate surface area is 250 Å². The van der Waals surface area contributed by atoms with Gasteiger partial charge in [0.2, 0.25) is 11.8 Å². The summed E-state index contributed by atoms with van der Waals surface area (Å²) in [7, 11) is 1.66. The number of aryl methyl sites for hydroxylation is 1. The Balaban J connectivity index is 1.54. The van der Waals surface area contributed by atoms with Crippen molar-refractivity contribution >= 4 is 29.4 Å². The molecule has 0 saturated carbocycles. The van der Waals surface area contributed by atoms with Crippen molar-refractivity contribution in [3.63, 3.8) is 0 Å². The number of rotatable bonds is 8. The molecule has 3 aromatic carbocycles. The van der Waals surface area contributed by atoms with Crippen molar-refractivity contribution < 1.29 is 19.1 Å². The molecule has 216 valence electrons. The average Bonchev–Trinajstić information content (AvgIpc) is 3.66. The summed E-state index contributed by atoms with van der Waals surface area (Å²) in [5, 5.41) is 7.91. The minimum absolute atomic E-state index is 0.0111. The third-order valence-electron chi connectivity index (χ3n) is 7.75. The van der Waals surface area contributed by atoms with E-state index in [1.54, 1.807) is 12.0 Å². The van der Waals surface area contributed by atoms with E-state index < -0.39 is 0 Å². The number of nitrogens with zero attached hydrogens (tertiary/aromatic N) is 3. The van der Waals surface area contributed by atoms with E-state index in [0.29, 0.717) is 19.0 Å². The Morgan fingerprint density at radius 1 is 1.07 bits per heavy atom. The molecular formula is C33H34N4O4S. The number of hydrogen-bond acceptors (Lipinski definition) is 6. The van der Waals surface area contributed by atoms with Crippen LogP contribution in [0.5, 0.6) is 5.75 Å². The molecular weight excluding hydrogens is 548 g/mol. The summed E-state index contributed by atoms with van der Waals surface area (Å²) in [5.74, 6) is 1.14. The fraction of sp³-hybridized carbons (Fsp3) is 0.303. The Kier molecular flexibility index (Phi) is 8.30. The first-order valence-electron chi connectivity index (χ1n) is 14.2. The Morgan fingerprint density at radius 2 is 1.83 bits per heavy atom. The highest BCUT2D eigenvalue weighted by Crippen LogP contribution is 2.50. The van der Waals surface area contributed by atoms with Crippen LogP contribution in [0.4, 0.5) is 5.82 Å². The highest BCUT2D eigenvalue weighted by molar-refractivity contribution is 8.00. The second kappa shape index (κ2) is 12.4. The number of amides is 2. The number of para-hydroxylation sites is 2. The van der Waals surface area contributed by atoms with Crippen molar-refractivity contribution in [2.45, 2.75) is 31.1 Å². The predicted molar refractivity (Wildman–Crippen MR) is 165 cm³/mol. The van der Waals surface area contributed by atoms with Gasteiger partial charge in [-0.05, 0) is 37.5 Å². The molecule has 2 aliphatic rings. The Bertz CT molecular complexity index is 1580. The van der Waals surface area contributed by atoms with Gasteiger partial charge in [0.25, 0.3) is 0 Å². The van der Waals surface area contributed by atoms with E-state index in [1.807, 2.05) is 90.5 Å². The Hall–Kier alpha value is -4.08. The van der Waals surface area contributed by atoms with Crippen molar-refractivity contribution in [1.82, 2.24) is 15.1 Å². The molecule has 0 radical (unpaired) electrons. The van der Waals surface area contributed by atoms with Gasteiger partial charge in [0.1, 0.15) is 18.1 Å². The van der Waals surface area contributed by atoms with E-state index in [2.05, 4.69) is 5.32 Å². The van der Waals surface area contributed by atoms with Gasteiger partial charge in [-0.1, -0.05) is 66.7 Å². The third kappa shape index (κ3) is 5.54. The standard InChI is InChI=1S/C33H34N4O4S/c1-22-11-6-8-16-26(22)37-33-30(31(35-37)23-12-4-3-5-13-23)32(25-15-7-9-17-27(25)40-2)42-21-29(39)36(33)20-28(38)34-19-24-14-10-18-41-24/h3-9,11-13,15-17,24,32H,10,14,18-21H2,1-2H3,(H,34,38)/t24-,32+/m1/s1. The van der Waals surface area contributed by atoms with Crippen LogP contribution in [0.1, 0.15) is 34.8 Å². The summed E-state index contributed by atoms with van der Waals surface area (Å²) in [6.45, 7) is 3.05. The van der Waals surface area contributed by atoms with Crippen LogP contribution in [-0.4, -0.2) is 60.3 Å². The molecule has 0 bridgehead atoms. The molecule has 0 aliphatic carbocycles. The zero-order valence-corrected chi connectivity index (χ0v) is 24.6. The molecule has 6 rings (SSSR count). The fourth-order valence-electron chi connectivity index (χ4n) is 5.66. The molecule has 42 heavy (non-hydrogen) atoms. The maximum absolute atomic E-state index is 13.9. The van der Waals surface area contributed by atoms with Gasteiger partial charge in [-0.2, -0.15) is 5.10 Å². The number of anilines is 1. The summed E-state index contributed by atoms with van der Waals surface area (Å²) >= 11 is 1.53. The number of carbonyl (C=O) groups excluding carboxylic acids is 2. The van der Waals surface area contributed by atoms with Crippen molar-refractivity contribution in [1.29, 1.82) is 0 Å². The lowest BCUT2D eigenvalue weighted by atomic mass is 9.99. The fourth-order valence-corrected chi connectivity index (χ4v) is 6.88. The van der Waals surface area contributed by atoms with Crippen LogP contribution in [0, 0.1) is 6.92 Å². The van der Waals surface area contributed by atoms with Crippen LogP contribution in [0.2, 0.25) is 0 Å². The van der Waals surface area contributed by atoms with E-state index in [-0.39, 0.29) is 35.5 Å². The van der Waals surface area contributed by atoms with Gasteiger partial charge in [0.05, 0.1) is 35.6 Å². The molecule has 4 aromatic rings. The number of hydrogen-bond donors (Lipinski definition) is 1. The van der Waals surface area contributed by atoms with Crippen molar-refractivity contribution in [2.24, 2.45) is 0 Å². The minimum Gasteiger partial charge on any atom is -0.496 e. The number of benzene rings is 3. The molecule has 2 aliphatic heterocycles. The van der Waals surface area contributed by atoms with Gasteiger partial charge in [-0.25, -0.2) is 4.68 Å². The van der Waals surface area contributed by atoms with Crippen LogP contribution in [0.3, 0.4) is 0 Å². The number of fused-ring (bicyclic) bond motifs is 1. The predicted octanol–water partition coefficient (Wildman–Crippen LogP) is 5.32. The highest BCUT2D eigenvalue weighted by Gasteiger charge is 2.38. The third-order valence-corrected chi connectivity index (χ3v) is 8.99. The van der Waals surface area contributed by atoms with Gasteiger partial charge in [-0.3, -0.25) is 14.5 Å². The molecule has 8 nitrogen and oxygen atoms in total. The lowest BCUT2D eigenvalue weighted by Gasteiger charge is -2.24. The molecule has 2 atom stereocenters. The molecule has 1 N–H and O–H groups in total. The zero-order valence-electron chi connectivity index (χ0n) is 23.8. The van der Waals surface area contributed by atoms with Gasteiger partial charge in [-0.15, -0.1) is 11.8 Å². The number of aromatic nitrogens is 2. The second-order valence-electron chi connectivity index (χ2n) is 10.5. The number of carbonyl (C=O) groups is 2. The molecule has 0 unspecified atom stereocenters. The molecule has 2 amide bonds. The first kappa shape index (κ1) is 28.1. The molecule has 1 fully saturated rings. The molecule has 1 aromatic heterocycles. The average molecular weight is 583 g/mol. The topological polar surface area (TPSA) is 85.7 Å². The first-order chi connectivity index (χ1) is 20.5. The maximum Gasteiger partial charge on any atom is 0.240 e. The summed E-state index contributed by atoms with van der Waals surface area (Å²) < 4.78 is 13.3. The Morgan fingerprint density at radius 3 is 2.60 bits per heavy atom. The number of thioether (sulfide) groups is 1. The van der Waals surface area contributed by atoms with Crippen molar-refractivity contribution in [3.8, 4) is 22.7 Å². The maximum atomic E-state index is 13.9. The smallest absolute Gasteiger partial charge is 0.240 e.